The molecule has 6 nitrogen and oxygen atoms in total. The maximum absolute atomic E-state index is 12.8. The number of anilines is 2. The van der Waals surface area contributed by atoms with E-state index in [9.17, 15) is 14.4 Å². The number of hydrogen-bond donors (Lipinski definition) is 1. The van der Waals surface area contributed by atoms with E-state index in [2.05, 4.69) is 5.32 Å². The van der Waals surface area contributed by atoms with Crippen molar-refractivity contribution in [2.75, 3.05) is 16.8 Å². The largest absolute Gasteiger partial charge is 0.484 e. The van der Waals surface area contributed by atoms with Crippen LogP contribution in [0, 0.1) is 13.8 Å². The van der Waals surface area contributed by atoms with Crippen molar-refractivity contribution in [3.63, 3.8) is 0 Å². The van der Waals surface area contributed by atoms with E-state index in [-0.39, 0.29) is 24.0 Å². The molecular formula is C24H20N2O4. The summed E-state index contributed by atoms with van der Waals surface area (Å²) >= 11 is 0. The fraction of sp³-hybridized carbons (Fsp3) is 0.125. The monoisotopic (exact) mass is 400 g/mol. The minimum atomic E-state index is -0.413. The van der Waals surface area contributed by atoms with Crippen LogP contribution in [0.2, 0.25) is 0 Å². The first-order chi connectivity index (χ1) is 14.4. The predicted molar refractivity (Wildman–Crippen MR) is 114 cm³/mol. The van der Waals surface area contributed by atoms with E-state index >= 15 is 0 Å². The average molecular weight is 400 g/mol. The molecule has 150 valence electrons. The molecule has 1 N–H and O–H groups in total. The fourth-order valence-electron chi connectivity index (χ4n) is 3.28. The van der Waals surface area contributed by atoms with Crippen molar-refractivity contribution in [1.82, 2.24) is 0 Å². The van der Waals surface area contributed by atoms with E-state index in [1.165, 1.54) is 6.07 Å². The molecule has 0 saturated carbocycles. The Morgan fingerprint density at radius 3 is 2.33 bits per heavy atom. The zero-order valence-electron chi connectivity index (χ0n) is 16.6. The molecule has 1 aliphatic rings. The Morgan fingerprint density at radius 1 is 0.867 bits per heavy atom. The highest BCUT2D eigenvalue weighted by molar-refractivity contribution is 6.34. The maximum Gasteiger partial charge on any atom is 0.266 e. The lowest BCUT2D eigenvalue weighted by atomic mass is 10.1. The van der Waals surface area contributed by atoms with Gasteiger partial charge in [0, 0.05) is 5.69 Å². The Balaban J connectivity index is 1.46. The first-order valence-corrected chi connectivity index (χ1v) is 9.52. The van der Waals surface area contributed by atoms with Crippen molar-refractivity contribution in [2.24, 2.45) is 0 Å². The molecular weight excluding hydrogens is 380 g/mol. The van der Waals surface area contributed by atoms with Gasteiger partial charge in [-0.05, 0) is 67.4 Å². The van der Waals surface area contributed by atoms with Gasteiger partial charge in [0.25, 0.3) is 17.7 Å². The second-order valence-electron chi connectivity index (χ2n) is 7.12. The zero-order valence-corrected chi connectivity index (χ0v) is 16.6. The molecule has 1 aliphatic heterocycles. The molecule has 3 aromatic rings. The summed E-state index contributed by atoms with van der Waals surface area (Å²) in [5, 5.41) is 2.71. The Morgan fingerprint density at radius 2 is 1.60 bits per heavy atom. The van der Waals surface area contributed by atoms with E-state index in [0.717, 1.165) is 16.0 Å². The lowest BCUT2D eigenvalue weighted by molar-refractivity contribution is -0.118. The van der Waals surface area contributed by atoms with Crippen molar-refractivity contribution in [2.45, 2.75) is 13.8 Å². The Bertz CT molecular complexity index is 1160. The van der Waals surface area contributed by atoms with Gasteiger partial charge in [-0.15, -0.1) is 0 Å². The van der Waals surface area contributed by atoms with Gasteiger partial charge in [-0.2, -0.15) is 0 Å². The fourth-order valence-corrected chi connectivity index (χ4v) is 3.28. The van der Waals surface area contributed by atoms with Crippen LogP contribution < -0.4 is 15.0 Å². The summed E-state index contributed by atoms with van der Waals surface area (Å²) < 4.78 is 5.54. The number of benzene rings is 3. The lowest BCUT2D eigenvalue weighted by Gasteiger charge is -2.13. The van der Waals surface area contributed by atoms with Crippen LogP contribution in [0.4, 0.5) is 11.4 Å². The normalized spacial score (nSPS) is 12.7. The number of nitrogens with zero attached hydrogens (tertiary/aromatic N) is 1. The first-order valence-electron chi connectivity index (χ1n) is 9.52. The van der Waals surface area contributed by atoms with Crippen LogP contribution >= 0.6 is 0 Å². The van der Waals surface area contributed by atoms with Crippen molar-refractivity contribution in [1.29, 1.82) is 0 Å². The number of imide groups is 1. The Labute approximate surface area is 174 Å². The van der Waals surface area contributed by atoms with E-state index in [1.807, 2.05) is 38.1 Å². The molecule has 3 aromatic carbocycles. The quantitative estimate of drug-likeness (QED) is 0.654. The first kappa shape index (κ1) is 19.4. The number of carbonyl (C=O) groups excluding carboxylic acids is 3. The van der Waals surface area contributed by atoms with Gasteiger partial charge in [-0.1, -0.05) is 24.3 Å². The highest BCUT2D eigenvalue weighted by Gasteiger charge is 2.36. The molecule has 0 fully saturated rings. The molecule has 30 heavy (non-hydrogen) atoms. The summed E-state index contributed by atoms with van der Waals surface area (Å²) in [6.07, 6.45) is 0. The Kier molecular flexibility index (Phi) is 5.06. The van der Waals surface area contributed by atoms with Gasteiger partial charge in [0.2, 0.25) is 0 Å². The second-order valence-corrected chi connectivity index (χ2v) is 7.12. The van der Waals surface area contributed by atoms with Crippen molar-refractivity contribution in [3.8, 4) is 5.75 Å². The van der Waals surface area contributed by atoms with Gasteiger partial charge < -0.3 is 10.1 Å². The summed E-state index contributed by atoms with van der Waals surface area (Å²) in [7, 11) is 0. The number of amides is 3. The molecule has 0 spiro atoms. The van der Waals surface area contributed by atoms with Crippen LogP contribution in [-0.4, -0.2) is 24.3 Å². The summed E-state index contributed by atoms with van der Waals surface area (Å²) in [6, 6.07) is 19.0. The standard InChI is InChI=1S/C24H20N2O4/c1-15-8-10-19(12-16(15)2)30-14-22(27)25-17-9-11-20-21(13-17)24(29)26(23(20)28)18-6-4-3-5-7-18/h3-13H,14H2,1-2H3,(H,25,27). The maximum atomic E-state index is 12.8. The number of carbonyl (C=O) groups is 3. The van der Waals surface area contributed by atoms with Crippen LogP contribution in [-0.2, 0) is 4.79 Å². The number of hydrogen-bond acceptors (Lipinski definition) is 4. The number of nitrogens with one attached hydrogen (secondary N) is 1. The molecule has 0 unspecified atom stereocenters. The third kappa shape index (κ3) is 3.67. The number of fused-ring (bicyclic) bond motifs is 1. The van der Waals surface area contributed by atoms with Gasteiger partial charge >= 0.3 is 0 Å². The van der Waals surface area contributed by atoms with Crippen LogP contribution in [0.3, 0.4) is 0 Å². The van der Waals surface area contributed by atoms with E-state index < -0.39 is 5.91 Å². The van der Waals surface area contributed by atoms with E-state index in [4.69, 9.17) is 4.74 Å². The number of para-hydroxylation sites is 1. The zero-order chi connectivity index (χ0) is 21.3. The molecule has 0 saturated heterocycles. The molecule has 6 heteroatoms. The third-order valence-electron chi connectivity index (χ3n) is 5.03. The summed E-state index contributed by atoms with van der Waals surface area (Å²) in [5.41, 5.74) is 3.74. The van der Waals surface area contributed by atoms with Gasteiger partial charge in [-0.3, -0.25) is 14.4 Å². The molecule has 4 rings (SSSR count). The van der Waals surface area contributed by atoms with Crippen molar-refractivity contribution in [3.05, 3.63) is 89.0 Å². The molecule has 0 atom stereocenters. The number of aryl methyl sites for hydroxylation is 2. The smallest absolute Gasteiger partial charge is 0.266 e. The van der Waals surface area contributed by atoms with E-state index in [1.54, 1.807) is 36.4 Å². The van der Waals surface area contributed by atoms with Gasteiger partial charge in [-0.25, -0.2) is 4.90 Å². The van der Waals surface area contributed by atoms with Crippen LogP contribution in [0.5, 0.6) is 5.75 Å². The molecule has 0 radical (unpaired) electrons. The topological polar surface area (TPSA) is 75.7 Å². The third-order valence-corrected chi connectivity index (χ3v) is 5.03. The Hall–Kier alpha value is -3.93. The summed E-state index contributed by atoms with van der Waals surface area (Å²) in [5.74, 6) is -0.535. The van der Waals surface area contributed by atoms with Crippen LogP contribution in [0.1, 0.15) is 31.8 Å². The number of rotatable bonds is 5. The van der Waals surface area contributed by atoms with Crippen LogP contribution in [0.15, 0.2) is 66.7 Å². The predicted octanol–water partition coefficient (Wildman–Crippen LogP) is 4.12. The average Bonchev–Trinajstić information content (AvgIpc) is 2.99. The van der Waals surface area contributed by atoms with Crippen LogP contribution in [0.25, 0.3) is 0 Å². The highest BCUT2D eigenvalue weighted by Crippen LogP contribution is 2.30. The van der Waals surface area contributed by atoms with Gasteiger partial charge in [0.1, 0.15) is 5.75 Å². The van der Waals surface area contributed by atoms with Gasteiger partial charge in [0.15, 0.2) is 6.61 Å². The summed E-state index contributed by atoms with van der Waals surface area (Å²) in [4.78, 5) is 38.8. The summed E-state index contributed by atoms with van der Waals surface area (Å²) in [6.45, 7) is 3.82. The molecule has 0 aromatic heterocycles. The molecule has 0 aliphatic carbocycles. The second kappa shape index (κ2) is 7.83. The minimum Gasteiger partial charge on any atom is -0.484 e. The molecule has 3 amide bonds. The van der Waals surface area contributed by atoms with E-state index in [0.29, 0.717) is 22.7 Å². The van der Waals surface area contributed by atoms with Gasteiger partial charge in [0.05, 0.1) is 16.8 Å². The SMILES string of the molecule is Cc1ccc(OCC(=O)Nc2ccc3c(c2)C(=O)N(c2ccccc2)C3=O)cc1C. The van der Waals surface area contributed by atoms with Crippen molar-refractivity contribution >= 4 is 29.1 Å². The lowest BCUT2D eigenvalue weighted by Crippen LogP contribution is -2.29. The highest BCUT2D eigenvalue weighted by atomic mass is 16.5. The molecule has 1 heterocycles. The minimum absolute atomic E-state index is 0.164. The van der Waals surface area contributed by atoms with Crippen molar-refractivity contribution < 1.29 is 19.1 Å². The molecule has 0 bridgehead atoms. The number of ether oxygens (including phenoxy) is 1.